The van der Waals surface area contributed by atoms with Gasteiger partial charge in [0.15, 0.2) is 0 Å². The Balaban J connectivity index is 1.65. The highest BCUT2D eigenvalue weighted by Gasteiger charge is 2.53. The summed E-state index contributed by atoms with van der Waals surface area (Å²) in [7, 11) is -8.65. The van der Waals surface area contributed by atoms with Crippen LogP contribution < -0.4 is 23.0 Å². The number of sulfonamides is 1. The Morgan fingerprint density at radius 1 is 0.646 bits per heavy atom. The van der Waals surface area contributed by atoms with Crippen molar-refractivity contribution < 1.29 is 44.7 Å². The third kappa shape index (κ3) is 5.41. The van der Waals surface area contributed by atoms with Crippen LogP contribution in [0.25, 0.3) is 54.9 Å². The maximum absolute atomic E-state index is 14.6. The first kappa shape index (κ1) is 31.6. The van der Waals surface area contributed by atoms with Crippen LogP contribution in [0.1, 0.15) is 0 Å². The third-order valence-electron chi connectivity index (χ3n) is 8.01. The van der Waals surface area contributed by atoms with Gasteiger partial charge in [0.25, 0.3) is 0 Å². The molecule has 0 aliphatic carbocycles. The van der Waals surface area contributed by atoms with Crippen LogP contribution in [0.4, 0.5) is 13.2 Å². The third-order valence-corrected chi connectivity index (χ3v) is 11.3. The van der Waals surface area contributed by atoms with Crippen LogP contribution in [0, 0.1) is 0 Å². The van der Waals surface area contributed by atoms with Crippen molar-refractivity contribution in [3.05, 3.63) is 109 Å². The SMILES string of the molecule is COc1ccc(-c2cc3ccccc3c3c2OP(=O)(NS(=O)(=O)C(F)(F)F)Oc2c(-c4ccc(OC)cc4)cc4ccccc4c2-3)cc1. The predicted octanol–water partition coefficient (Wildman–Crippen LogP) is 9.33. The molecule has 0 atom stereocenters. The second kappa shape index (κ2) is 11.6. The molecule has 1 aliphatic heterocycles. The molecule has 0 saturated carbocycles. The minimum atomic E-state index is -6.23. The highest BCUT2D eigenvalue weighted by molar-refractivity contribution is 7.95. The maximum Gasteiger partial charge on any atom is 0.526 e. The van der Waals surface area contributed by atoms with Crippen LogP contribution in [0.5, 0.6) is 23.0 Å². The predicted molar refractivity (Wildman–Crippen MR) is 178 cm³/mol. The molecule has 0 amide bonds. The summed E-state index contributed by atoms with van der Waals surface area (Å²) in [6.45, 7) is 0. The molecule has 13 heteroatoms. The Labute approximate surface area is 273 Å². The van der Waals surface area contributed by atoms with Gasteiger partial charge in [0.05, 0.1) is 14.2 Å². The van der Waals surface area contributed by atoms with Gasteiger partial charge in [-0.2, -0.15) is 13.2 Å². The van der Waals surface area contributed by atoms with E-state index in [-0.39, 0.29) is 11.5 Å². The quantitative estimate of drug-likeness (QED) is 0.174. The molecular weight excluding hydrogens is 666 g/mol. The van der Waals surface area contributed by atoms with Crippen molar-refractivity contribution in [2.45, 2.75) is 5.51 Å². The number of alkyl halides is 3. The smallest absolute Gasteiger partial charge is 0.497 e. The summed E-state index contributed by atoms with van der Waals surface area (Å²) in [6.07, 6.45) is 0. The zero-order valence-electron chi connectivity index (χ0n) is 25.2. The summed E-state index contributed by atoms with van der Waals surface area (Å²) in [5.41, 5.74) is -3.40. The Morgan fingerprint density at radius 3 is 1.42 bits per heavy atom. The maximum atomic E-state index is 14.6. The number of rotatable bonds is 6. The largest absolute Gasteiger partial charge is 0.526 e. The fourth-order valence-corrected chi connectivity index (χ4v) is 8.60. The molecule has 0 saturated heterocycles. The van der Waals surface area contributed by atoms with E-state index in [2.05, 4.69) is 0 Å². The van der Waals surface area contributed by atoms with Crippen molar-refractivity contribution in [2.75, 3.05) is 14.2 Å². The van der Waals surface area contributed by atoms with Gasteiger partial charge < -0.3 is 18.5 Å². The summed E-state index contributed by atoms with van der Waals surface area (Å²) < 4.78 is 105. The Bertz CT molecular complexity index is 2240. The Hall–Kier alpha value is -5.03. The molecular formula is C35H25F3NO7PS. The molecule has 244 valence electrons. The molecule has 0 fully saturated rings. The molecule has 1 aliphatic rings. The number of hydrogen-bond acceptors (Lipinski definition) is 7. The lowest BCUT2D eigenvalue weighted by Gasteiger charge is -2.22. The first-order chi connectivity index (χ1) is 22.9. The molecule has 0 radical (unpaired) electrons. The standard InChI is InChI=1S/C35H25F3NO7PS/c1-43-25-15-11-21(12-16-25)29-19-23-7-3-5-9-27(23)31-32-28-10-6-4-8-24(28)20-30(22-13-17-26(44-2)18-14-22)34(32)46-47(40,45-33(29)31)39-48(41,42)35(36,37)38/h3-20H,1-2H3,(H,39,40). The molecule has 6 aromatic rings. The summed E-state index contributed by atoms with van der Waals surface area (Å²) in [4.78, 5) is 0. The first-order valence-electron chi connectivity index (χ1n) is 14.4. The van der Waals surface area contributed by atoms with Crippen LogP contribution in [0.3, 0.4) is 0 Å². The van der Waals surface area contributed by atoms with Gasteiger partial charge >= 0.3 is 23.3 Å². The summed E-state index contributed by atoms with van der Waals surface area (Å²) in [5, 5.41) is 2.64. The van der Waals surface area contributed by atoms with Crippen LogP contribution in [-0.4, -0.2) is 28.1 Å². The van der Waals surface area contributed by atoms with Crippen molar-refractivity contribution in [1.82, 2.24) is 4.49 Å². The van der Waals surface area contributed by atoms with Gasteiger partial charge in [0.1, 0.15) is 23.0 Å². The monoisotopic (exact) mass is 691 g/mol. The molecule has 1 heterocycles. The van der Waals surface area contributed by atoms with Gasteiger partial charge in [-0.15, -0.1) is 0 Å². The Morgan fingerprint density at radius 2 is 1.04 bits per heavy atom. The van der Waals surface area contributed by atoms with E-state index in [1.807, 2.05) is 24.3 Å². The fourth-order valence-electron chi connectivity index (χ4n) is 5.81. The molecule has 6 aromatic carbocycles. The van der Waals surface area contributed by atoms with Crippen LogP contribution in [0.2, 0.25) is 0 Å². The van der Waals surface area contributed by atoms with E-state index in [1.54, 1.807) is 84.9 Å². The lowest BCUT2D eigenvalue weighted by molar-refractivity contribution is -0.0443. The highest BCUT2D eigenvalue weighted by atomic mass is 32.2. The molecule has 0 spiro atoms. The molecule has 7 rings (SSSR count). The Kier molecular flexibility index (Phi) is 7.62. The van der Waals surface area contributed by atoms with Gasteiger partial charge in [-0.05, 0) is 69.1 Å². The van der Waals surface area contributed by atoms with Crippen LogP contribution in [0.15, 0.2) is 109 Å². The molecule has 48 heavy (non-hydrogen) atoms. The van der Waals surface area contributed by atoms with Gasteiger partial charge in [0, 0.05) is 22.3 Å². The number of halogens is 3. The van der Waals surface area contributed by atoms with Gasteiger partial charge in [-0.3, -0.25) is 0 Å². The van der Waals surface area contributed by atoms with Crippen molar-refractivity contribution in [2.24, 2.45) is 0 Å². The minimum absolute atomic E-state index is 0.136. The lowest BCUT2D eigenvalue weighted by Crippen LogP contribution is -2.36. The van der Waals surface area contributed by atoms with E-state index in [1.165, 1.54) is 18.7 Å². The number of methoxy groups -OCH3 is 2. The van der Waals surface area contributed by atoms with Crippen molar-refractivity contribution in [3.63, 3.8) is 0 Å². The molecule has 0 aromatic heterocycles. The van der Waals surface area contributed by atoms with Gasteiger partial charge in [-0.25, -0.2) is 13.0 Å². The molecule has 0 bridgehead atoms. The average Bonchev–Trinajstić information content (AvgIpc) is 3.21. The number of nitrogens with one attached hydrogen (secondary N) is 1. The second-order valence-electron chi connectivity index (χ2n) is 10.9. The van der Waals surface area contributed by atoms with E-state index >= 15 is 0 Å². The van der Waals surface area contributed by atoms with Crippen LogP contribution >= 0.6 is 7.75 Å². The van der Waals surface area contributed by atoms with E-state index in [4.69, 9.17) is 18.5 Å². The fraction of sp³-hybridized carbons (Fsp3) is 0.0857. The van der Waals surface area contributed by atoms with Crippen molar-refractivity contribution in [3.8, 4) is 56.4 Å². The van der Waals surface area contributed by atoms with E-state index < -0.39 is 23.3 Å². The first-order valence-corrected chi connectivity index (χ1v) is 17.4. The second-order valence-corrected chi connectivity index (χ2v) is 14.4. The topological polar surface area (TPSA) is 100 Å². The zero-order chi connectivity index (χ0) is 33.8. The highest BCUT2D eigenvalue weighted by Crippen LogP contribution is 2.62. The molecule has 1 N–H and O–H groups in total. The minimum Gasteiger partial charge on any atom is -0.497 e. The molecule has 0 unspecified atom stereocenters. The summed E-state index contributed by atoms with van der Waals surface area (Å²) in [6, 6.07) is 31.5. The summed E-state index contributed by atoms with van der Waals surface area (Å²) >= 11 is 0. The van der Waals surface area contributed by atoms with E-state index in [0.29, 0.717) is 55.7 Å². The number of fused-ring (bicyclic) bond motifs is 7. The number of ether oxygens (including phenoxy) is 2. The van der Waals surface area contributed by atoms with Gasteiger partial charge in [0.2, 0.25) is 0 Å². The molecule has 8 nitrogen and oxygen atoms in total. The summed E-state index contributed by atoms with van der Waals surface area (Å²) in [5.74, 6) is 0.809. The zero-order valence-corrected chi connectivity index (χ0v) is 27.0. The van der Waals surface area contributed by atoms with Crippen molar-refractivity contribution in [1.29, 1.82) is 0 Å². The average molecular weight is 692 g/mol. The van der Waals surface area contributed by atoms with Crippen molar-refractivity contribution >= 4 is 39.3 Å². The number of benzene rings is 6. The lowest BCUT2D eigenvalue weighted by atomic mass is 9.86. The van der Waals surface area contributed by atoms with E-state index in [9.17, 15) is 26.2 Å². The van der Waals surface area contributed by atoms with Crippen LogP contribution in [-0.2, 0) is 14.6 Å². The van der Waals surface area contributed by atoms with E-state index in [0.717, 1.165) is 10.8 Å². The normalized spacial score (nSPS) is 13.9. The number of hydrogen-bond donors (Lipinski definition) is 1. The van der Waals surface area contributed by atoms with Gasteiger partial charge in [-0.1, -0.05) is 77.3 Å².